The van der Waals surface area contributed by atoms with Crippen LogP contribution in [0.5, 0.6) is 0 Å². The van der Waals surface area contributed by atoms with Gasteiger partial charge in [-0.05, 0) is 79.0 Å². The van der Waals surface area contributed by atoms with Crippen LogP contribution in [-0.2, 0) is 0 Å². The van der Waals surface area contributed by atoms with Gasteiger partial charge in [-0.1, -0.05) is 24.3 Å². The van der Waals surface area contributed by atoms with E-state index in [1.54, 1.807) is 23.9 Å². The molecule has 9 heteroatoms. The highest BCUT2D eigenvalue weighted by molar-refractivity contribution is 7.99. The molecule has 38 heavy (non-hydrogen) atoms. The number of aliphatic hydroxyl groups excluding tert-OH is 1. The largest absolute Gasteiger partial charge is 0.391 e. The number of β-amino-alcohol motifs (C(OH)–C–C–N with tert-alkyl or cyclic N) is 1. The van der Waals surface area contributed by atoms with Crippen LogP contribution in [0.15, 0.2) is 77.7 Å². The monoisotopic (exact) mass is 586 g/mol. The Bertz CT molecular complexity index is 1020. The van der Waals surface area contributed by atoms with Crippen molar-refractivity contribution >= 4 is 36.6 Å². The maximum atomic E-state index is 13.5. The summed E-state index contributed by atoms with van der Waals surface area (Å²) in [5, 5.41) is 10.4. The number of aliphatic hydroxyl groups is 1. The average Bonchev–Trinajstić information content (AvgIpc) is 2.89. The van der Waals surface area contributed by atoms with Crippen LogP contribution < -0.4 is 0 Å². The zero-order chi connectivity index (χ0) is 25.3. The van der Waals surface area contributed by atoms with Gasteiger partial charge in [0, 0.05) is 49.3 Å². The first-order chi connectivity index (χ1) is 17.5. The van der Waals surface area contributed by atoms with E-state index >= 15 is 0 Å². The Kier molecular flexibility index (Phi) is 14.0. The molecule has 0 aliphatic carbocycles. The van der Waals surface area contributed by atoms with Crippen LogP contribution in [0, 0.1) is 17.5 Å². The van der Waals surface area contributed by atoms with Gasteiger partial charge in [0.1, 0.15) is 17.5 Å². The summed E-state index contributed by atoms with van der Waals surface area (Å²) in [6.07, 6.45) is 1.45. The summed E-state index contributed by atoms with van der Waals surface area (Å²) in [5.41, 5.74) is 2.08. The molecule has 0 bridgehead atoms. The quantitative estimate of drug-likeness (QED) is 0.255. The molecular formula is C29H35Cl2F3N2OS. The lowest BCUT2D eigenvalue weighted by Gasteiger charge is -2.35. The van der Waals surface area contributed by atoms with Gasteiger partial charge < -0.3 is 10.0 Å². The molecule has 4 rings (SSSR count). The van der Waals surface area contributed by atoms with Crippen LogP contribution in [0.25, 0.3) is 0 Å². The Morgan fingerprint density at radius 3 is 1.63 bits per heavy atom. The zero-order valence-corrected chi connectivity index (χ0v) is 23.6. The van der Waals surface area contributed by atoms with E-state index in [4.69, 9.17) is 0 Å². The highest BCUT2D eigenvalue weighted by Gasteiger charge is 2.20. The number of piperazine rings is 1. The second kappa shape index (κ2) is 16.4. The van der Waals surface area contributed by atoms with E-state index in [-0.39, 0.29) is 48.2 Å². The highest BCUT2D eigenvalue weighted by Crippen LogP contribution is 2.30. The Hall–Kier alpha value is -1.74. The molecule has 1 aliphatic heterocycles. The first kappa shape index (κ1) is 32.5. The fourth-order valence-electron chi connectivity index (χ4n) is 4.70. The van der Waals surface area contributed by atoms with Gasteiger partial charge in [0.05, 0.1) is 6.10 Å². The summed E-state index contributed by atoms with van der Waals surface area (Å²) in [7, 11) is 0. The molecule has 0 saturated carbocycles. The average molecular weight is 588 g/mol. The van der Waals surface area contributed by atoms with Gasteiger partial charge in [-0.3, -0.25) is 4.90 Å². The van der Waals surface area contributed by atoms with Crippen molar-refractivity contribution in [2.24, 2.45) is 0 Å². The molecule has 0 spiro atoms. The number of benzene rings is 3. The first-order valence-electron chi connectivity index (χ1n) is 12.5. The maximum Gasteiger partial charge on any atom is 0.123 e. The highest BCUT2D eigenvalue weighted by atomic mass is 35.5. The van der Waals surface area contributed by atoms with Crippen molar-refractivity contribution in [2.45, 2.75) is 29.8 Å². The molecule has 3 aromatic carbocycles. The van der Waals surface area contributed by atoms with E-state index in [9.17, 15) is 18.3 Å². The minimum atomic E-state index is -0.432. The molecule has 1 heterocycles. The molecule has 1 unspecified atom stereocenters. The topological polar surface area (TPSA) is 26.7 Å². The fraction of sp³-hybridized carbons (Fsp3) is 0.379. The van der Waals surface area contributed by atoms with Crippen molar-refractivity contribution in [2.75, 3.05) is 45.0 Å². The standard InChI is InChI=1S/C29H33F3N2OS.2ClH/c30-24-7-3-22(4-8-24)29(23-5-9-25(31)10-6-23)2-1-15-33-16-18-34(19-17-33)20-27(35)21-36-28-13-11-26(32)12-14-28;;/h3-14,27,29,35H,1-2,15-21H2;2*1H. The van der Waals surface area contributed by atoms with Crippen LogP contribution in [0.3, 0.4) is 0 Å². The molecule has 1 aliphatic rings. The number of hydrogen-bond acceptors (Lipinski definition) is 4. The molecule has 208 valence electrons. The predicted molar refractivity (Wildman–Crippen MR) is 154 cm³/mol. The summed E-state index contributed by atoms with van der Waals surface area (Å²) in [6.45, 7) is 5.34. The lowest BCUT2D eigenvalue weighted by Crippen LogP contribution is -2.49. The Morgan fingerprint density at radius 2 is 1.13 bits per heavy atom. The summed E-state index contributed by atoms with van der Waals surface area (Å²) in [5.74, 6) is -0.0808. The molecule has 1 N–H and O–H groups in total. The van der Waals surface area contributed by atoms with E-state index in [2.05, 4.69) is 9.80 Å². The molecule has 1 fully saturated rings. The Labute approximate surface area is 240 Å². The van der Waals surface area contributed by atoms with Gasteiger partial charge in [-0.25, -0.2) is 13.2 Å². The molecule has 0 radical (unpaired) electrons. The van der Waals surface area contributed by atoms with Gasteiger partial charge >= 0.3 is 0 Å². The van der Waals surface area contributed by atoms with E-state index < -0.39 is 6.10 Å². The summed E-state index contributed by atoms with van der Waals surface area (Å²) < 4.78 is 39.9. The van der Waals surface area contributed by atoms with Crippen LogP contribution >= 0.6 is 36.6 Å². The van der Waals surface area contributed by atoms with E-state index in [1.165, 1.54) is 36.4 Å². The van der Waals surface area contributed by atoms with Crippen LogP contribution in [-0.4, -0.2) is 66.0 Å². The van der Waals surface area contributed by atoms with Gasteiger partial charge in [0.25, 0.3) is 0 Å². The third kappa shape index (κ3) is 10.1. The molecule has 0 amide bonds. The molecule has 0 aromatic heterocycles. The fourth-order valence-corrected chi connectivity index (χ4v) is 5.52. The Morgan fingerprint density at radius 1 is 0.684 bits per heavy atom. The van der Waals surface area contributed by atoms with Crippen molar-refractivity contribution in [1.29, 1.82) is 0 Å². The molecule has 1 saturated heterocycles. The second-order valence-corrected chi connectivity index (χ2v) is 10.5. The van der Waals surface area contributed by atoms with Crippen LogP contribution in [0.4, 0.5) is 13.2 Å². The smallest absolute Gasteiger partial charge is 0.123 e. The zero-order valence-electron chi connectivity index (χ0n) is 21.1. The summed E-state index contributed by atoms with van der Waals surface area (Å²) in [4.78, 5) is 5.70. The van der Waals surface area contributed by atoms with Crippen molar-refractivity contribution in [3.05, 3.63) is 101 Å². The van der Waals surface area contributed by atoms with Crippen LogP contribution in [0.1, 0.15) is 29.9 Å². The van der Waals surface area contributed by atoms with E-state index in [0.717, 1.165) is 61.6 Å². The van der Waals surface area contributed by atoms with Gasteiger partial charge in [0.15, 0.2) is 0 Å². The molecule has 3 nitrogen and oxygen atoms in total. The predicted octanol–water partition coefficient (Wildman–Crippen LogP) is 6.63. The normalized spacial score (nSPS) is 15.1. The van der Waals surface area contributed by atoms with Gasteiger partial charge in [-0.15, -0.1) is 36.6 Å². The van der Waals surface area contributed by atoms with Crippen molar-refractivity contribution in [3.8, 4) is 0 Å². The van der Waals surface area contributed by atoms with Gasteiger partial charge in [-0.2, -0.15) is 0 Å². The number of nitrogens with zero attached hydrogens (tertiary/aromatic N) is 2. The Balaban J connectivity index is 0.00000253. The first-order valence-corrected chi connectivity index (χ1v) is 13.5. The van der Waals surface area contributed by atoms with Crippen molar-refractivity contribution in [1.82, 2.24) is 9.80 Å². The van der Waals surface area contributed by atoms with E-state index in [0.29, 0.717) is 12.3 Å². The lowest BCUT2D eigenvalue weighted by molar-refractivity contribution is 0.0819. The molecule has 1 atom stereocenters. The number of rotatable bonds is 11. The number of halogens is 5. The SMILES string of the molecule is Cl.Cl.OC(CSc1ccc(F)cc1)CN1CCN(CCCC(c2ccc(F)cc2)c2ccc(F)cc2)CC1. The minimum Gasteiger partial charge on any atom is -0.391 e. The maximum absolute atomic E-state index is 13.5. The third-order valence-corrected chi connectivity index (χ3v) is 7.86. The minimum absolute atomic E-state index is 0. The second-order valence-electron chi connectivity index (χ2n) is 9.36. The van der Waals surface area contributed by atoms with Crippen molar-refractivity contribution < 1.29 is 18.3 Å². The molecular weight excluding hydrogens is 552 g/mol. The van der Waals surface area contributed by atoms with E-state index in [1.807, 2.05) is 24.3 Å². The van der Waals surface area contributed by atoms with Crippen molar-refractivity contribution in [3.63, 3.8) is 0 Å². The van der Waals surface area contributed by atoms with Gasteiger partial charge in [0.2, 0.25) is 0 Å². The lowest BCUT2D eigenvalue weighted by atomic mass is 9.87. The summed E-state index contributed by atoms with van der Waals surface area (Å²) >= 11 is 1.54. The van der Waals surface area contributed by atoms with Crippen LogP contribution in [0.2, 0.25) is 0 Å². The number of thioether (sulfide) groups is 1. The number of hydrogen-bond donors (Lipinski definition) is 1. The third-order valence-electron chi connectivity index (χ3n) is 6.70. The summed E-state index contributed by atoms with van der Waals surface area (Å²) in [6, 6.07) is 19.6. The molecule has 3 aromatic rings.